The first kappa shape index (κ1) is 9.79. The molecule has 3 atom stereocenters. The highest BCUT2D eigenvalue weighted by molar-refractivity contribution is 5.86. The van der Waals surface area contributed by atoms with E-state index >= 15 is 0 Å². The molecule has 3 fully saturated rings. The summed E-state index contributed by atoms with van der Waals surface area (Å²) in [6, 6.07) is 0.783. The maximum absolute atomic E-state index is 11.8. The van der Waals surface area contributed by atoms with E-state index in [2.05, 4.69) is 4.90 Å². The number of rotatable bonds is 1. The van der Waals surface area contributed by atoms with E-state index in [1.165, 1.54) is 19.3 Å². The summed E-state index contributed by atoms with van der Waals surface area (Å²) < 4.78 is 5.77. The minimum absolute atomic E-state index is 0.236. The first-order chi connectivity index (χ1) is 7.36. The average molecular weight is 209 g/mol. The van der Waals surface area contributed by atoms with Gasteiger partial charge < -0.3 is 4.74 Å². The van der Waals surface area contributed by atoms with Gasteiger partial charge in [-0.1, -0.05) is 0 Å². The minimum atomic E-state index is 0.236. The first-order valence-corrected chi connectivity index (χ1v) is 6.26. The van der Waals surface area contributed by atoms with Crippen LogP contribution < -0.4 is 0 Å². The van der Waals surface area contributed by atoms with Crippen LogP contribution in [-0.4, -0.2) is 42.0 Å². The molecule has 0 aromatic rings. The number of nitrogens with zero attached hydrogens (tertiary/aromatic N) is 1. The van der Waals surface area contributed by atoms with Crippen molar-refractivity contribution in [3.63, 3.8) is 0 Å². The zero-order chi connectivity index (χ0) is 10.3. The van der Waals surface area contributed by atoms with Crippen LogP contribution in [0.2, 0.25) is 0 Å². The molecule has 1 aliphatic heterocycles. The Bertz CT molecular complexity index is 266. The minimum Gasteiger partial charge on any atom is -0.375 e. The maximum Gasteiger partial charge on any atom is 0.149 e. The van der Waals surface area contributed by atoms with Crippen LogP contribution in [0.15, 0.2) is 0 Å². The van der Waals surface area contributed by atoms with Crippen molar-refractivity contribution in [2.45, 2.75) is 56.7 Å². The number of fused-ring (bicyclic) bond motifs is 1. The first-order valence-electron chi connectivity index (χ1n) is 6.26. The van der Waals surface area contributed by atoms with E-state index in [4.69, 9.17) is 4.74 Å². The van der Waals surface area contributed by atoms with Crippen LogP contribution in [0, 0.1) is 0 Å². The second-order valence-electron chi connectivity index (χ2n) is 5.02. The Morgan fingerprint density at radius 2 is 2.13 bits per heavy atom. The Morgan fingerprint density at radius 3 is 2.93 bits per heavy atom. The van der Waals surface area contributed by atoms with Crippen molar-refractivity contribution >= 4 is 5.78 Å². The predicted octanol–water partition coefficient (Wildman–Crippen LogP) is 1.36. The van der Waals surface area contributed by atoms with Crippen LogP contribution in [0.1, 0.15) is 38.5 Å². The number of carbonyl (C=O) groups is 1. The van der Waals surface area contributed by atoms with Gasteiger partial charge in [0.25, 0.3) is 0 Å². The van der Waals surface area contributed by atoms with Crippen molar-refractivity contribution in [1.82, 2.24) is 4.90 Å². The number of ketones is 1. The Hall–Kier alpha value is -0.410. The molecule has 1 heterocycles. The van der Waals surface area contributed by atoms with E-state index in [1.54, 1.807) is 0 Å². The van der Waals surface area contributed by atoms with Crippen LogP contribution in [0.25, 0.3) is 0 Å². The highest BCUT2D eigenvalue weighted by Gasteiger charge is 2.42. The van der Waals surface area contributed by atoms with Crippen LogP contribution in [-0.2, 0) is 9.53 Å². The molecule has 3 nitrogen and oxygen atoms in total. The molecule has 1 saturated heterocycles. The van der Waals surface area contributed by atoms with Gasteiger partial charge in [-0.3, -0.25) is 9.69 Å². The third-order valence-corrected chi connectivity index (χ3v) is 4.20. The molecule has 3 aliphatic rings. The lowest BCUT2D eigenvalue weighted by Crippen LogP contribution is -2.54. The Labute approximate surface area is 90.8 Å². The monoisotopic (exact) mass is 209 g/mol. The van der Waals surface area contributed by atoms with Crippen molar-refractivity contribution < 1.29 is 9.53 Å². The standard InChI is InChI=1S/C12H19NO2/c14-11-5-1-3-9(11)13-7-8-15-12-6-2-4-10(12)13/h9-10,12H,1-8H2. The quantitative estimate of drug-likeness (QED) is 0.653. The molecular formula is C12H19NO2. The zero-order valence-corrected chi connectivity index (χ0v) is 9.15. The number of carbonyl (C=O) groups excluding carboxylic acids is 1. The predicted molar refractivity (Wildman–Crippen MR) is 56.7 cm³/mol. The van der Waals surface area contributed by atoms with E-state index in [0.29, 0.717) is 17.9 Å². The molecule has 3 heteroatoms. The van der Waals surface area contributed by atoms with E-state index in [-0.39, 0.29) is 6.04 Å². The fraction of sp³-hybridized carbons (Fsp3) is 0.917. The van der Waals surface area contributed by atoms with Crippen molar-refractivity contribution in [3.8, 4) is 0 Å². The van der Waals surface area contributed by atoms with E-state index in [0.717, 1.165) is 32.4 Å². The SMILES string of the molecule is O=C1CCCC1N1CCOC2CCCC21. The number of Topliss-reactive ketones (excluding diaryl/α,β-unsaturated/α-hetero) is 1. The molecule has 0 bridgehead atoms. The highest BCUT2D eigenvalue weighted by Crippen LogP contribution is 2.33. The van der Waals surface area contributed by atoms with Crippen molar-refractivity contribution in [2.75, 3.05) is 13.2 Å². The fourth-order valence-electron chi connectivity index (χ4n) is 3.49. The van der Waals surface area contributed by atoms with E-state index in [1.807, 2.05) is 0 Å². The highest BCUT2D eigenvalue weighted by atomic mass is 16.5. The van der Waals surface area contributed by atoms with Crippen molar-refractivity contribution in [3.05, 3.63) is 0 Å². The molecule has 0 radical (unpaired) electrons. The lowest BCUT2D eigenvalue weighted by Gasteiger charge is -2.40. The van der Waals surface area contributed by atoms with Gasteiger partial charge in [0.2, 0.25) is 0 Å². The van der Waals surface area contributed by atoms with Crippen LogP contribution in [0.5, 0.6) is 0 Å². The molecular weight excluding hydrogens is 190 g/mol. The number of hydrogen-bond acceptors (Lipinski definition) is 3. The van der Waals surface area contributed by atoms with E-state index < -0.39 is 0 Å². The summed E-state index contributed by atoms with van der Waals surface area (Å²) in [6.45, 7) is 1.79. The third kappa shape index (κ3) is 1.62. The van der Waals surface area contributed by atoms with Gasteiger partial charge in [-0.25, -0.2) is 0 Å². The molecule has 3 rings (SSSR count). The topological polar surface area (TPSA) is 29.5 Å². The Kier molecular flexibility index (Phi) is 2.53. The largest absolute Gasteiger partial charge is 0.375 e. The Morgan fingerprint density at radius 1 is 1.20 bits per heavy atom. The molecule has 0 aromatic heterocycles. The fourth-order valence-corrected chi connectivity index (χ4v) is 3.49. The number of morpholine rings is 1. The molecule has 2 saturated carbocycles. The average Bonchev–Trinajstić information content (AvgIpc) is 2.85. The summed E-state index contributed by atoms with van der Waals surface area (Å²) in [6.07, 6.45) is 7.11. The van der Waals surface area contributed by atoms with Crippen LogP contribution in [0.3, 0.4) is 0 Å². The lowest BCUT2D eigenvalue weighted by molar-refractivity contribution is -0.128. The third-order valence-electron chi connectivity index (χ3n) is 4.20. The molecule has 3 unspecified atom stereocenters. The summed E-state index contributed by atoms with van der Waals surface area (Å²) in [5.74, 6) is 0.475. The lowest BCUT2D eigenvalue weighted by atomic mass is 10.1. The number of hydrogen-bond donors (Lipinski definition) is 0. The molecule has 0 aromatic carbocycles. The summed E-state index contributed by atoms with van der Waals surface area (Å²) in [4.78, 5) is 14.2. The maximum atomic E-state index is 11.8. The van der Waals surface area contributed by atoms with Gasteiger partial charge in [0, 0.05) is 19.0 Å². The molecule has 2 aliphatic carbocycles. The van der Waals surface area contributed by atoms with Gasteiger partial charge in [0.05, 0.1) is 18.8 Å². The van der Waals surface area contributed by atoms with Gasteiger partial charge in [-0.2, -0.15) is 0 Å². The molecule has 15 heavy (non-hydrogen) atoms. The van der Waals surface area contributed by atoms with E-state index in [9.17, 15) is 4.79 Å². The van der Waals surface area contributed by atoms with Gasteiger partial charge in [0.15, 0.2) is 0 Å². The van der Waals surface area contributed by atoms with Gasteiger partial charge in [-0.05, 0) is 32.1 Å². The van der Waals surface area contributed by atoms with Crippen LogP contribution >= 0.6 is 0 Å². The summed E-state index contributed by atoms with van der Waals surface area (Å²) >= 11 is 0. The molecule has 0 amide bonds. The smallest absolute Gasteiger partial charge is 0.149 e. The summed E-state index contributed by atoms with van der Waals surface area (Å²) in [5.41, 5.74) is 0. The second kappa shape index (κ2) is 3.87. The zero-order valence-electron chi connectivity index (χ0n) is 9.15. The Balaban J connectivity index is 1.76. The van der Waals surface area contributed by atoms with Gasteiger partial charge >= 0.3 is 0 Å². The molecule has 84 valence electrons. The molecule has 0 spiro atoms. The van der Waals surface area contributed by atoms with Gasteiger partial charge in [-0.15, -0.1) is 0 Å². The normalized spacial score (nSPS) is 42.1. The van der Waals surface area contributed by atoms with Crippen molar-refractivity contribution in [2.24, 2.45) is 0 Å². The number of ether oxygens (including phenoxy) is 1. The van der Waals surface area contributed by atoms with Crippen LogP contribution in [0.4, 0.5) is 0 Å². The summed E-state index contributed by atoms with van der Waals surface area (Å²) in [7, 11) is 0. The van der Waals surface area contributed by atoms with Crippen molar-refractivity contribution in [1.29, 1.82) is 0 Å². The van der Waals surface area contributed by atoms with Gasteiger partial charge in [0.1, 0.15) is 5.78 Å². The molecule has 0 N–H and O–H groups in total. The summed E-state index contributed by atoms with van der Waals surface area (Å²) in [5, 5.41) is 0. The second-order valence-corrected chi connectivity index (χ2v) is 5.02.